The molecule has 1 aliphatic rings. The second kappa shape index (κ2) is 3.96. The molecule has 1 aromatic carbocycles. The molecular formula is C11H11F2NO. The monoisotopic (exact) mass is 211 g/mol. The fourth-order valence-corrected chi connectivity index (χ4v) is 1.85. The highest BCUT2D eigenvalue weighted by Gasteiger charge is 2.24. The Morgan fingerprint density at radius 1 is 1.40 bits per heavy atom. The zero-order chi connectivity index (χ0) is 10.8. The van der Waals surface area contributed by atoms with Crippen molar-refractivity contribution in [3.05, 3.63) is 29.8 Å². The molecule has 1 aliphatic heterocycles. The van der Waals surface area contributed by atoms with E-state index in [0.29, 0.717) is 19.5 Å². The Morgan fingerprint density at radius 2 is 2.20 bits per heavy atom. The summed E-state index contributed by atoms with van der Waals surface area (Å²) in [6, 6.07) is 3.37. The number of rotatable bonds is 2. The molecular weight excluding hydrogens is 200 g/mol. The molecule has 4 heteroatoms. The lowest BCUT2D eigenvalue weighted by Gasteiger charge is -2.18. The zero-order valence-corrected chi connectivity index (χ0v) is 8.12. The van der Waals surface area contributed by atoms with Crippen molar-refractivity contribution in [2.45, 2.75) is 6.42 Å². The quantitative estimate of drug-likeness (QED) is 0.697. The first-order chi connectivity index (χ1) is 7.20. The van der Waals surface area contributed by atoms with Gasteiger partial charge in [-0.1, -0.05) is 0 Å². The van der Waals surface area contributed by atoms with Crippen LogP contribution in [0.25, 0.3) is 0 Å². The molecule has 1 saturated heterocycles. The van der Waals surface area contributed by atoms with Gasteiger partial charge in [0.15, 0.2) is 0 Å². The molecule has 0 bridgehead atoms. The Labute approximate surface area is 86.5 Å². The molecule has 0 radical (unpaired) electrons. The molecule has 1 heterocycles. The van der Waals surface area contributed by atoms with Gasteiger partial charge in [-0.05, 0) is 18.6 Å². The second-order valence-corrected chi connectivity index (χ2v) is 3.73. The third-order valence-corrected chi connectivity index (χ3v) is 2.67. The van der Waals surface area contributed by atoms with Gasteiger partial charge in [0.25, 0.3) is 0 Å². The lowest BCUT2D eigenvalue weighted by atomic mass is 10.1. The average molecular weight is 211 g/mol. The van der Waals surface area contributed by atoms with Gasteiger partial charge in [0.2, 0.25) is 0 Å². The first kappa shape index (κ1) is 10.1. The minimum atomic E-state index is -0.457. The highest BCUT2D eigenvalue weighted by molar-refractivity contribution is 5.59. The van der Waals surface area contributed by atoms with E-state index in [-0.39, 0.29) is 11.6 Å². The van der Waals surface area contributed by atoms with Gasteiger partial charge in [-0.25, -0.2) is 8.78 Å². The molecule has 1 unspecified atom stereocenters. The molecule has 15 heavy (non-hydrogen) atoms. The molecule has 2 nitrogen and oxygen atoms in total. The summed E-state index contributed by atoms with van der Waals surface area (Å²) in [6.07, 6.45) is 1.58. The molecule has 1 fully saturated rings. The van der Waals surface area contributed by atoms with E-state index < -0.39 is 11.6 Å². The molecule has 1 atom stereocenters. The van der Waals surface area contributed by atoms with E-state index in [1.165, 1.54) is 6.07 Å². The van der Waals surface area contributed by atoms with Crippen molar-refractivity contribution in [1.82, 2.24) is 0 Å². The molecule has 0 N–H and O–H groups in total. The molecule has 0 aromatic heterocycles. The van der Waals surface area contributed by atoms with Crippen molar-refractivity contribution < 1.29 is 13.6 Å². The largest absolute Gasteiger partial charge is 0.368 e. The fourth-order valence-electron chi connectivity index (χ4n) is 1.85. The number of hydrogen-bond acceptors (Lipinski definition) is 2. The fraction of sp³-hybridized carbons (Fsp3) is 0.364. The number of halogens is 2. The van der Waals surface area contributed by atoms with Crippen LogP contribution in [0, 0.1) is 17.6 Å². The summed E-state index contributed by atoms with van der Waals surface area (Å²) in [5.74, 6) is -0.962. The van der Waals surface area contributed by atoms with Crippen LogP contribution >= 0.6 is 0 Å². The SMILES string of the molecule is O=CC1CCN(c2cc(F)ccc2F)C1. The third-order valence-electron chi connectivity index (χ3n) is 2.67. The van der Waals surface area contributed by atoms with Gasteiger partial charge >= 0.3 is 0 Å². The topological polar surface area (TPSA) is 20.3 Å². The number of carbonyl (C=O) groups is 1. The minimum absolute atomic E-state index is 0.0623. The Hall–Kier alpha value is -1.45. The Balaban J connectivity index is 2.23. The van der Waals surface area contributed by atoms with E-state index in [1.54, 1.807) is 4.90 Å². The molecule has 1 aromatic rings. The maximum Gasteiger partial charge on any atom is 0.146 e. The lowest BCUT2D eigenvalue weighted by molar-refractivity contribution is -0.110. The van der Waals surface area contributed by atoms with Crippen LogP contribution in [0.15, 0.2) is 18.2 Å². The van der Waals surface area contributed by atoms with Crippen LogP contribution in [0.5, 0.6) is 0 Å². The normalized spacial score (nSPS) is 20.7. The number of nitrogens with zero attached hydrogens (tertiary/aromatic N) is 1. The summed E-state index contributed by atoms with van der Waals surface area (Å²) in [6.45, 7) is 1.08. The van der Waals surface area contributed by atoms with Gasteiger partial charge in [-0.2, -0.15) is 0 Å². The maximum atomic E-state index is 13.4. The van der Waals surface area contributed by atoms with Gasteiger partial charge in [0.1, 0.15) is 17.9 Å². The van der Waals surface area contributed by atoms with Crippen LogP contribution < -0.4 is 4.90 Å². The van der Waals surface area contributed by atoms with Gasteiger partial charge in [-0.15, -0.1) is 0 Å². The first-order valence-corrected chi connectivity index (χ1v) is 4.86. The number of benzene rings is 1. The van der Waals surface area contributed by atoms with Crippen LogP contribution in [-0.4, -0.2) is 19.4 Å². The van der Waals surface area contributed by atoms with Crippen molar-refractivity contribution in [1.29, 1.82) is 0 Å². The predicted molar refractivity (Wildman–Crippen MR) is 52.7 cm³/mol. The lowest BCUT2D eigenvalue weighted by Crippen LogP contribution is -2.21. The Morgan fingerprint density at radius 3 is 2.87 bits per heavy atom. The summed E-state index contributed by atoms with van der Waals surface area (Å²) in [5, 5.41) is 0. The predicted octanol–water partition coefficient (Wildman–Crippen LogP) is 1.99. The van der Waals surface area contributed by atoms with Crippen molar-refractivity contribution >= 4 is 12.0 Å². The first-order valence-electron chi connectivity index (χ1n) is 4.86. The van der Waals surface area contributed by atoms with Crippen molar-refractivity contribution in [3.8, 4) is 0 Å². The summed E-state index contributed by atoms with van der Waals surface area (Å²) in [5.41, 5.74) is 0.249. The van der Waals surface area contributed by atoms with Gasteiger partial charge in [-0.3, -0.25) is 0 Å². The number of hydrogen-bond donors (Lipinski definition) is 0. The summed E-state index contributed by atoms with van der Waals surface area (Å²) < 4.78 is 26.3. The molecule has 0 spiro atoms. The Bertz CT molecular complexity index is 381. The summed E-state index contributed by atoms with van der Waals surface area (Å²) in [4.78, 5) is 12.2. The van der Waals surface area contributed by atoms with Crippen molar-refractivity contribution in [3.63, 3.8) is 0 Å². The summed E-state index contributed by atoms with van der Waals surface area (Å²) in [7, 11) is 0. The minimum Gasteiger partial charge on any atom is -0.368 e. The van der Waals surface area contributed by atoms with Crippen LogP contribution in [0.1, 0.15) is 6.42 Å². The molecule has 0 amide bonds. The maximum absolute atomic E-state index is 13.4. The van der Waals surface area contributed by atoms with Gasteiger partial charge < -0.3 is 9.69 Å². The Kier molecular flexibility index (Phi) is 2.66. The smallest absolute Gasteiger partial charge is 0.146 e. The van der Waals surface area contributed by atoms with E-state index in [0.717, 1.165) is 18.4 Å². The molecule has 0 saturated carbocycles. The molecule has 0 aliphatic carbocycles. The number of carbonyl (C=O) groups excluding carboxylic acids is 1. The average Bonchev–Trinajstić information content (AvgIpc) is 2.70. The van der Waals surface area contributed by atoms with E-state index in [1.807, 2.05) is 0 Å². The van der Waals surface area contributed by atoms with Crippen molar-refractivity contribution in [2.75, 3.05) is 18.0 Å². The second-order valence-electron chi connectivity index (χ2n) is 3.73. The van der Waals surface area contributed by atoms with E-state index in [9.17, 15) is 13.6 Å². The van der Waals surface area contributed by atoms with Crippen molar-refractivity contribution in [2.24, 2.45) is 5.92 Å². The molecule has 80 valence electrons. The van der Waals surface area contributed by atoms with Crippen LogP contribution in [0.4, 0.5) is 14.5 Å². The van der Waals surface area contributed by atoms with E-state index >= 15 is 0 Å². The number of aldehydes is 1. The third kappa shape index (κ3) is 1.98. The van der Waals surface area contributed by atoms with Gasteiger partial charge in [0, 0.05) is 25.1 Å². The van der Waals surface area contributed by atoms with Crippen LogP contribution in [-0.2, 0) is 4.79 Å². The highest BCUT2D eigenvalue weighted by Crippen LogP contribution is 2.26. The summed E-state index contributed by atoms with van der Waals surface area (Å²) >= 11 is 0. The van der Waals surface area contributed by atoms with Crippen LogP contribution in [0.3, 0.4) is 0 Å². The van der Waals surface area contributed by atoms with E-state index in [4.69, 9.17) is 0 Å². The molecule has 2 rings (SSSR count). The standard InChI is InChI=1S/C11H11F2NO/c12-9-1-2-10(13)11(5-9)14-4-3-8(6-14)7-15/h1-2,5,7-8H,3-4,6H2. The van der Waals surface area contributed by atoms with Crippen LogP contribution in [0.2, 0.25) is 0 Å². The van der Waals surface area contributed by atoms with E-state index in [2.05, 4.69) is 0 Å². The van der Waals surface area contributed by atoms with Gasteiger partial charge in [0.05, 0.1) is 5.69 Å². The number of anilines is 1. The zero-order valence-electron chi connectivity index (χ0n) is 8.12. The highest BCUT2D eigenvalue weighted by atomic mass is 19.1.